The quantitative estimate of drug-likeness (QED) is 0.904. The fourth-order valence-corrected chi connectivity index (χ4v) is 4.33. The molecule has 0 bridgehead atoms. The number of sulfonamides is 1. The smallest absolute Gasteiger partial charge is 0.335 e. The summed E-state index contributed by atoms with van der Waals surface area (Å²) in [4.78, 5) is 11.3. The maximum atomic E-state index is 12.8. The van der Waals surface area contributed by atoms with Gasteiger partial charge in [-0.25, -0.2) is 13.2 Å². The van der Waals surface area contributed by atoms with Crippen molar-refractivity contribution in [3.8, 4) is 0 Å². The maximum Gasteiger partial charge on any atom is 0.335 e. The van der Waals surface area contributed by atoms with Crippen LogP contribution in [0.5, 0.6) is 0 Å². The number of carboxylic acid groups (broad SMARTS) is 1. The van der Waals surface area contributed by atoms with Gasteiger partial charge in [0, 0.05) is 13.1 Å². The van der Waals surface area contributed by atoms with E-state index in [1.54, 1.807) is 24.3 Å². The van der Waals surface area contributed by atoms with Crippen LogP contribution in [-0.4, -0.2) is 23.8 Å². The molecule has 1 aliphatic rings. The summed E-state index contributed by atoms with van der Waals surface area (Å²) < 4.78 is 27.0. The van der Waals surface area contributed by atoms with Crippen LogP contribution in [-0.2, 0) is 29.5 Å². The van der Waals surface area contributed by atoms with Gasteiger partial charge in [0.1, 0.15) is 0 Å². The average molecular weight is 345 g/mol. The molecule has 0 fully saturated rings. The van der Waals surface area contributed by atoms with Crippen LogP contribution in [0.3, 0.4) is 0 Å². The highest BCUT2D eigenvalue weighted by Gasteiger charge is 2.30. The number of hydrogen-bond acceptors (Lipinski definition) is 3. The van der Waals surface area contributed by atoms with E-state index in [4.69, 9.17) is 5.11 Å². The number of fused-ring (bicyclic) bond motifs is 1. The van der Waals surface area contributed by atoms with Crippen molar-refractivity contribution in [3.05, 3.63) is 64.7 Å². The summed E-state index contributed by atoms with van der Waals surface area (Å²) >= 11 is 0. The second-order valence-electron chi connectivity index (χ2n) is 5.96. The molecular weight excluding hydrogens is 326 g/mol. The summed E-state index contributed by atoms with van der Waals surface area (Å²) in [6.07, 6.45) is 1.94. The van der Waals surface area contributed by atoms with Gasteiger partial charge in [0.25, 0.3) is 0 Å². The highest BCUT2D eigenvalue weighted by molar-refractivity contribution is 7.89. The standard InChI is InChI=1S/C18H19NO4S/c1-2-3-13-4-8-17(9-5-13)24(22,23)19-11-15-7-6-14(18(20)21)10-16(15)12-19/h4-10H,2-3,11-12H2,1H3,(H,20,21). The van der Waals surface area contributed by atoms with Gasteiger partial charge >= 0.3 is 5.97 Å². The van der Waals surface area contributed by atoms with Crippen molar-refractivity contribution >= 4 is 16.0 Å². The minimum absolute atomic E-state index is 0.178. The Balaban J connectivity index is 1.85. The summed E-state index contributed by atoms with van der Waals surface area (Å²) in [5.41, 5.74) is 2.90. The van der Waals surface area contributed by atoms with Crippen molar-refractivity contribution in [2.75, 3.05) is 0 Å². The van der Waals surface area contributed by atoms with Crippen LogP contribution in [0.25, 0.3) is 0 Å². The molecule has 126 valence electrons. The molecule has 0 radical (unpaired) electrons. The number of hydrogen-bond donors (Lipinski definition) is 1. The van der Waals surface area contributed by atoms with E-state index in [2.05, 4.69) is 6.92 Å². The number of carbonyl (C=O) groups is 1. The van der Waals surface area contributed by atoms with Crippen molar-refractivity contribution in [2.24, 2.45) is 0 Å². The SMILES string of the molecule is CCCc1ccc(S(=O)(=O)N2Cc3ccc(C(=O)O)cc3C2)cc1. The third-order valence-electron chi connectivity index (χ3n) is 4.25. The van der Waals surface area contributed by atoms with Crippen LogP contribution in [0, 0.1) is 0 Å². The van der Waals surface area contributed by atoms with Gasteiger partial charge in [0.15, 0.2) is 0 Å². The van der Waals surface area contributed by atoms with Gasteiger partial charge in [-0.15, -0.1) is 0 Å². The number of benzene rings is 2. The number of aryl methyl sites for hydroxylation is 1. The first-order chi connectivity index (χ1) is 11.4. The van der Waals surface area contributed by atoms with Gasteiger partial charge < -0.3 is 5.11 Å². The Morgan fingerprint density at radius 1 is 1.08 bits per heavy atom. The maximum absolute atomic E-state index is 12.8. The Bertz CT molecular complexity index is 872. The van der Waals surface area contributed by atoms with E-state index in [0.29, 0.717) is 0 Å². The van der Waals surface area contributed by atoms with Crippen LogP contribution in [0.15, 0.2) is 47.4 Å². The van der Waals surface area contributed by atoms with E-state index in [-0.39, 0.29) is 23.5 Å². The van der Waals surface area contributed by atoms with E-state index in [1.165, 1.54) is 10.4 Å². The molecule has 1 heterocycles. The first-order valence-electron chi connectivity index (χ1n) is 7.86. The molecule has 0 saturated carbocycles. The first-order valence-corrected chi connectivity index (χ1v) is 9.30. The molecule has 5 nitrogen and oxygen atoms in total. The minimum Gasteiger partial charge on any atom is -0.478 e. The molecule has 2 aromatic carbocycles. The van der Waals surface area contributed by atoms with Crippen LogP contribution in [0.1, 0.15) is 40.4 Å². The largest absolute Gasteiger partial charge is 0.478 e. The topological polar surface area (TPSA) is 74.7 Å². The third-order valence-corrected chi connectivity index (χ3v) is 6.05. The number of carboxylic acids is 1. The summed E-state index contributed by atoms with van der Waals surface area (Å²) in [5.74, 6) is -1.01. The van der Waals surface area contributed by atoms with Crippen molar-refractivity contribution in [1.29, 1.82) is 0 Å². The van der Waals surface area contributed by atoms with Crippen LogP contribution >= 0.6 is 0 Å². The number of nitrogens with zero attached hydrogens (tertiary/aromatic N) is 1. The van der Waals surface area contributed by atoms with Gasteiger partial charge in [0.05, 0.1) is 10.5 Å². The molecule has 1 aliphatic heterocycles. The first kappa shape index (κ1) is 16.7. The summed E-state index contributed by atoms with van der Waals surface area (Å²) in [6.45, 7) is 2.56. The van der Waals surface area contributed by atoms with Gasteiger partial charge in [-0.1, -0.05) is 31.5 Å². The molecule has 6 heteroatoms. The molecule has 0 atom stereocenters. The third kappa shape index (κ3) is 3.07. The molecule has 1 N–H and O–H groups in total. The Labute approximate surface area is 141 Å². The van der Waals surface area contributed by atoms with Crippen molar-refractivity contribution in [3.63, 3.8) is 0 Å². The van der Waals surface area contributed by atoms with Gasteiger partial charge in [-0.05, 0) is 47.4 Å². The van der Waals surface area contributed by atoms with E-state index in [9.17, 15) is 13.2 Å². The lowest BCUT2D eigenvalue weighted by atomic mass is 10.1. The van der Waals surface area contributed by atoms with Gasteiger partial charge in [0.2, 0.25) is 10.0 Å². The fraction of sp³-hybridized carbons (Fsp3) is 0.278. The summed E-state index contributed by atoms with van der Waals surface area (Å²) in [6, 6.07) is 11.7. The van der Waals surface area contributed by atoms with Gasteiger partial charge in [-0.3, -0.25) is 0 Å². The molecule has 0 saturated heterocycles. The predicted octanol–water partition coefficient (Wildman–Crippen LogP) is 3.04. The zero-order valence-electron chi connectivity index (χ0n) is 13.4. The second kappa shape index (κ2) is 6.37. The lowest BCUT2D eigenvalue weighted by Crippen LogP contribution is -2.25. The van der Waals surface area contributed by atoms with E-state index in [1.807, 2.05) is 12.1 Å². The predicted molar refractivity (Wildman–Crippen MR) is 90.3 cm³/mol. The molecule has 0 aliphatic carbocycles. The molecule has 0 unspecified atom stereocenters. The highest BCUT2D eigenvalue weighted by Crippen LogP contribution is 2.29. The molecule has 3 rings (SSSR count). The molecule has 2 aromatic rings. The van der Waals surface area contributed by atoms with Crippen LogP contribution in [0.4, 0.5) is 0 Å². The fourth-order valence-electron chi connectivity index (χ4n) is 2.93. The molecular formula is C18H19NO4S. The minimum atomic E-state index is -3.59. The number of rotatable bonds is 5. The molecule has 0 amide bonds. The molecule has 0 aromatic heterocycles. The number of aromatic carboxylic acids is 1. The summed E-state index contributed by atoms with van der Waals surface area (Å²) in [7, 11) is -3.59. The van der Waals surface area contributed by atoms with E-state index in [0.717, 1.165) is 29.5 Å². The van der Waals surface area contributed by atoms with E-state index < -0.39 is 16.0 Å². The van der Waals surface area contributed by atoms with Crippen molar-refractivity contribution < 1.29 is 18.3 Å². The van der Waals surface area contributed by atoms with Crippen molar-refractivity contribution in [2.45, 2.75) is 37.8 Å². The highest BCUT2D eigenvalue weighted by atomic mass is 32.2. The molecule has 24 heavy (non-hydrogen) atoms. The Morgan fingerprint density at radius 3 is 2.38 bits per heavy atom. The van der Waals surface area contributed by atoms with Crippen molar-refractivity contribution in [1.82, 2.24) is 4.31 Å². The lowest BCUT2D eigenvalue weighted by molar-refractivity contribution is 0.0696. The summed E-state index contributed by atoms with van der Waals surface area (Å²) in [5, 5.41) is 9.06. The van der Waals surface area contributed by atoms with Crippen LogP contribution < -0.4 is 0 Å². The Morgan fingerprint density at radius 2 is 1.75 bits per heavy atom. The second-order valence-corrected chi connectivity index (χ2v) is 7.89. The zero-order chi connectivity index (χ0) is 17.3. The van der Waals surface area contributed by atoms with E-state index >= 15 is 0 Å². The van der Waals surface area contributed by atoms with Crippen LogP contribution in [0.2, 0.25) is 0 Å². The molecule has 0 spiro atoms. The zero-order valence-corrected chi connectivity index (χ0v) is 14.2. The monoisotopic (exact) mass is 345 g/mol. The normalized spacial score (nSPS) is 14.5. The average Bonchev–Trinajstić information content (AvgIpc) is 2.99. The Kier molecular flexibility index (Phi) is 4.43. The lowest BCUT2D eigenvalue weighted by Gasteiger charge is -2.15. The van der Waals surface area contributed by atoms with Gasteiger partial charge in [-0.2, -0.15) is 4.31 Å². The Hall–Kier alpha value is -2.18.